The molecule has 3 rings (SSSR count). The quantitative estimate of drug-likeness (QED) is 0.795. The highest BCUT2D eigenvalue weighted by atomic mass is 16.1. The van der Waals surface area contributed by atoms with Crippen LogP contribution >= 0.6 is 0 Å². The third-order valence-corrected chi connectivity index (χ3v) is 4.03. The van der Waals surface area contributed by atoms with E-state index in [2.05, 4.69) is 26.4 Å². The predicted octanol–water partition coefficient (Wildman–Crippen LogP) is 3.44. The molecule has 0 spiro atoms. The van der Waals surface area contributed by atoms with Crippen molar-refractivity contribution in [1.29, 1.82) is 0 Å². The molecule has 0 saturated heterocycles. The van der Waals surface area contributed by atoms with Gasteiger partial charge in [-0.2, -0.15) is 10.2 Å². The number of terminal acetylenes is 1. The summed E-state index contributed by atoms with van der Waals surface area (Å²) in [6.45, 7) is 0.515. The van der Waals surface area contributed by atoms with Gasteiger partial charge < -0.3 is 5.32 Å². The molecule has 2 heterocycles. The SMILES string of the molecule is C#CCCC1(CCNC(=O)c2ccccc2-c2ccncc2)N=N1. The standard InChI is InChI=1S/C19H18N4O/c1-2-3-10-19(22-23-19)11-14-21-18(24)17-7-5-4-6-16(17)15-8-12-20-13-9-15/h1,4-9,12-13H,3,10-11,14H2,(H,21,24). The molecule has 24 heavy (non-hydrogen) atoms. The van der Waals surface area contributed by atoms with Crippen molar-refractivity contribution in [2.75, 3.05) is 6.54 Å². The van der Waals surface area contributed by atoms with Gasteiger partial charge in [0.15, 0.2) is 5.66 Å². The number of carbonyl (C=O) groups excluding carboxylic acids is 1. The predicted molar refractivity (Wildman–Crippen MR) is 92.3 cm³/mol. The fraction of sp³-hybridized carbons (Fsp3) is 0.263. The van der Waals surface area contributed by atoms with Crippen molar-refractivity contribution in [1.82, 2.24) is 10.3 Å². The van der Waals surface area contributed by atoms with Gasteiger partial charge in [-0.1, -0.05) is 18.2 Å². The molecular weight excluding hydrogens is 300 g/mol. The van der Waals surface area contributed by atoms with Gasteiger partial charge in [0.05, 0.1) is 0 Å². The number of amides is 1. The Labute approximate surface area is 141 Å². The van der Waals surface area contributed by atoms with E-state index in [0.29, 0.717) is 24.9 Å². The summed E-state index contributed by atoms with van der Waals surface area (Å²) in [6, 6.07) is 11.3. The monoisotopic (exact) mass is 318 g/mol. The first kappa shape index (κ1) is 15.9. The van der Waals surface area contributed by atoms with Crippen LogP contribution in [0.15, 0.2) is 59.0 Å². The number of nitrogens with zero attached hydrogens (tertiary/aromatic N) is 3. The summed E-state index contributed by atoms with van der Waals surface area (Å²) in [5, 5.41) is 11.1. The second kappa shape index (κ2) is 7.05. The van der Waals surface area contributed by atoms with Gasteiger partial charge in [0.25, 0.3) is 5.91 Å². The normalized spacial score (nSPS) is 14.0. The first-order valence-electron chi connectivity index (χ1n) is 7.89. The maximum Gasteiger partial charge on any atom is 0.251 e. The van der Waals surface area contributed by atoms with E-state index in [9.17, 15) is 4.79 Å². The third kappa shape index (κ3) is 3.66. The molecule has 0 aliphatic carbocycles. The Morgan fingerprint density at radius 3 is 2.58 bits per heavy atom. The molecule has 0 fully saturated rings. The molecule has 0 unspecified atom stereocenters. The van der Waals surface area contributed by atoms with Crippen LogP contribution in [0, 0.1) is 12.3 Å². The smallest absolute Gasteiger partial charge is 0.251 e. The van der Waals surface area contributed by atoms with Gasteiger partial charge in [-0.05, 0) is 29.3 Å². The first-order chi connectivity index (χ1) is 11.7. The molecule has 2 aromatic rings. The zero-order valence-electron chi connectivity index (χ0n) is 13.3. The van der Waals surface area contributed by atoms with Crippen molar-refractivity contribution in [2.45, 2.75) is 24.9 Å². The minimum Gasteiger partial charge on any atom is -0.352 e. The molecular formula is C19H18N4O. The second-order valence-electron chi connectivity index (χ2n) is 5.67. The minimum atomic E-state index is -0.371. The summed E-state index contributed by atoms with van der Waals surface area (Å²) in [5.74, 6) is 2.50. The van der Waals surface area contributed by atoms with Crippen LogP contribution in [-0.2, 0) is 0 Å². The zero-order valence-corrected chi connectivity index (χ0v) is 13.3. The lowest BCUT2D eigenvalue weighted by Crippen LogP contribution is -2.28. The fourth-order valence-corrected chi connectivity index (χ4v) is 2.60. The van der Waals surface area contributed by atoms with Crippen molar-refractivity contribution in [3.63, 3.8) is 0 Å². The topological polar surface area (TPSA) is 66.7 Å². The van der Waals surface area contributed by atoms with Crippen LogP contribution in [0.1, 0.15) is 29.6 Å². The highest BCUT2D eigenvalue weighted by Gasteiger charge is 2.38. The molecule has 1 aliphatic rings. The van der Waals surface area contributed by atoms with Crippen LogP contribution in [0.5, 0.6) is 0 Å². The van der Waals surface area contributed by atoms with E-state index in [1.165, 1.54) is 0 Å². The fourth-order valence-electron chi connectivity index (χ4n) is 2.60. The van der Waals surface area contributed by atoms with Crippen LogP contribution in [0.2, 0.25) is 0 Å². The number of hydrogen-bond acceptors (Lipinski definition) is 4. The number of hydrogen-bond donors (Lipinski definition) is 1. The Balaban J connectivity index is 1.63. The number of carbonyl (C=O) groups is 1. The van der Waals surface area contributed by atoms with E-state index in [-0.39, 0.29) is 11.6 Å². The molecule has 1 N–H and O–H groups in total. The average molecular weight is 318 g/mol. The lowest BCUT2D eigenvalue weighted by molar-refractivity contribution is 0.0952. The Morgan fingerprint density at radius 1 is 1.12 bits per heavy atom. The molecule has 1 aromatic heterocycles. The van der Waals surface area contributed by atoms with Crippen LogP contribution < -0.4 is 5.32 Å². The maximum absolute atomic E-state index is 12.5. The number of pyridine rings is 1. The van der Waals surface area contributed by atoms with Crippen molar-refractivity contribution in [3.05, 3.63) is 54.4 Å². The number of aromatic nitrogens is 1. The molecule has 0 radical (unpaired) electrons. The molecule has 5 nitrogen and oxygen atoms in total. The Bertz CT molecular complexity index is 787. The minimum absolute atomic E-state index is 0.102. The Kier molecular flexibility index (Phi) is 4.66. The molecule has 120 valence electrons. The summed E-state index contributed by atoms with van der Waals surface area (Å²) >= 11 is 0. The first-order valence-corrected chi connectivity index (χ1v) is 7.89. The van der Waals surface area contributed by atoms with E-state index in [4.69, 9.17) is 6.42 Å². The molecule has 5 heteroatoms. The van der Waals surface area contributed by atoms with Crippen LogP contribution in [0.3, 0.4) is 0 Å². The molecule has 0 saturated carbocycles. The highest BCUT2D eigenvalue weighted by Crippen LogP contribution is 2.36. The van der Waals surface area contributed by atoms with Crippen LogP contribution in [0.25, 0.3) is 11.1 Å². The largest absolute Gasteiger partial charge is 0.352 e. The summed E-state index contributed by atoms with van der Waals surface area (Å²) in [4.78, 5) is 16.6. The third-order valence-electron chi connectivity index (χ3n) is 4.03. The number of nitrogens with one attached hydrogen (secondary N) is 1. The van der Waals surface area contributed by atoms with E-state index in [1.807, 2.05) is 36.4 Å². The lowest BCUT2D eigenvalue weighted by atomic mass is 10.00. The van der Waals surface area contributed by atoms with Gasteiger partial charge in [0.2, 0.25) is 0 Å². The second-order valence-corrected chi connectivity index (χ2v) is 5.67. The summed E-state index contributed by atoms with van der Waals surface area (Å²) in [6.07, 6.45) is 10.8. The van der Waals surface area contributed by atoms with Gasteiger partial charge in [0, 0.05) is 43.8 Å². The van der Waals surface area contributed by atoms with E-state index < -0.39 is 0 Å². The molecule has 1 aromatic carbocycles. The van der Waals surface area contributed by atoms with E-state index in [1.54, 1.807) is 12.4 Å². The molecule has 1 aliphatic heterocycles. The van der Waals surface area contributed by atoms with Crippen molar-refractivity contribution < 1.29 is 4.79 Å². The highest BCUT2D eigenvalue weighted by molar-refractivity contribution is 6.00. The molecule has 0 atom stereocenters. The number of benzene rings is 1. The van der Waals surface area contributed by atoms with Gasteiger partial charge in [-0.15, -0.1) is 12.3 Å². The maximum atomic E-state index is 12.5. The van der Waals surface area contributed by atoms with E-state index in [0.717, 1.165) is 17.5 Å². The van der Waals surface area contributed by atoms with Crippen LogP contribution in [0.4, 0.5) is 0 Å². The number of rotatable bonds is 7. The van der Waals surface area contributed by atoms with Crippen molar-refractivity contribution in [3.8, 4) is 23.5 Å². The van der Waals surface area contributed by atoms with Gasteiger partial charge in [0.1, 0.15) is 0 Å². The van der Waals surface area contributed by atoms with Crippen molar-refractivity contribution >= 4 is 5.91 Å². The summed E-state index contributed by atoms with van der Waals surface area (Å²) < 4.78 is 0. The Morgan fingerprint density at radius 2 is 1.88 bits per heavy atom. The lowest BCUT2D eigenvalue weighted by Gasteiger charge is -2.12. The van der Waals surface area contributed by atoms with Gasteiger partial charge >= 0.3 is 0 Å². The summed E-state index contributed by atoms with van der Waals surface area (Å²) in [7, 11) is 0. The van der Waals surface area contributed by atoms with Crippen molar-refractivity contribution in [2.24, 2.45) is 10.2 Å². The zero-order chi connectivity index (χ0) is 16.8. The molecule has 1 amide bonds. The average Bonchev–Trinajstić information content (AvgIpc) is 3.41. The van der Waals surface area contributed by atoms with Gasteiger partial charge in [-0.25, -0.2) is 0 Å². The summed E-state index contributed by atoms with van der Waals surface area (Å²) in [5.41, 5.74) is 2.13. The Hall–Kier alpha value is -3.00. The van der Waals surface area contributed by atoms with Gasteiger partial charge in [-0.3, -0.25) is 9.78 Å². The van der Waals surface area contributed by atoms with Crippen LogP contribution in [-0.4, -0.2) is 23.1 Å². The van der Waals surface area contributed by atoms with E-state index >= 15 is 0 Å². The molecule has 0 bridgehead atoms.